The fraction of sp³-hybridized carbons (Fsp3) is 0.562. The highest BCUT2D eigenvalue weighted by atomic mass is 16.1. The van der Waals surface area contributed by atoms with Crippen molar-refractivity contribution in [1.29, 1.82) is 0 Å². The standard InChI is InChI=1S/C16H24N2O/c1-4-16(2,3)11-18-15(19)13-9-12-7-5-6-8-14(12)17-10-13/h5-8,13,17H,4,9-11H2,1-3H3,(H,18,19). The molecule has 1 atom stereocenters. The maximum Gasteiger partial charge on any atom is 0.225 e. The number of hydrogen-bond donors (Lipinski definition) is 2. The number of para-hydroxylation sites is 1. The highest BCUT2D eigenvalue weighted by molar-refractivity contribution is 5.80. The number of nitrogens with one attached hydrogen (secondary N) is 2. The first kappa shape index (κ1) is 13.9. The molecule has 1 aromatic carbocycles. The molecule has 0 bridgehead atoms. The fourth-order valence-corrected chi connectivity index (χ4v) is 2.22. The summed E-state index contributed by atoms with van der Waals surface area (Å²) in [4.78, 5) is 12.2. The Morgan fingerprint density at radius 2 is 2.16 bits per heavy atom. The van der Waals surface area contributed by atoms with Crippen molar-refractivity contribution < 1.29 is 4.79 Å². The molecule has 1 amide bonds. The Morgan fingerprint density at radius 1 is 1.42 bits per heavy atom. The molecule has 104 valence electrons. The van der Waals surface area contributed by atoms with Crippen molar-refractivity contribution in [1.82, 2.24) is 5.32 Å². The van der Waals surface area contributed by atoms with E-state index in [0.29, 0.717) is 0 Å². The van der Waals surface area contributed by atoms with Crippen LogP contribution < -0.4 is 10.6 Å². The van der Waals surface area contributed by atoms with E-state index in [1.807, 2.05) is 12.1 Å². The summed E-state index contributed by atoms with van der Waals surface area (Å²) >= 11 is 0. The van der Waals surface area contributed by atoms with Crippen molar-refractivity contribution in [2.75, 3.05) is 18.4 Å². The van der Waals surface area contributed by atoms with Crippen LogP contribution in [0.15, 0.2) is 24.3 Å². The topological polar surface area (TPSA) is 41.1 Å². The maximum atomic E-state index is 12.2. The normalized spacial score (nSPS) is 18.4. The van der Waals surface area contributed by atoms with Gasteiger partial charge in [-0.3, -0.25) is 4.79 Å². The second-order valence-corrected chi connectivity index (χ2v) is 6.17. The van der Waals surface area contributed by atoms with Crippen LogP contribution in [0.1, 0.15) is 32.8 Å². The van der Waals surface area contributed by atoms with Crippen LogP contribution in [0.25, 0.3) is 0 Å². The minimum atomic E-state index is 0.0440. The summed E-state index contributed by atoms with van der Waals surface area (Å²) in [6, 6.07) is 8.22. The van der Waals surface area contributed by atoms with Crippen LogP contribution in [-0.4, -0.2) is 19.0 Å². The average Bonchev–Trinajstić information content (AvgIpc) is 2.44. The maximum absolute atomic E-state index is 12.2. The van der Waals surface area contributed by atoms with Crippen molar-refractivity contribution in [3.8, 4) is 0 Å². The van der Waals surface area contributed by atoms with Gasteiger partial charge in [0.2, 0.25) is 5.91 Å². The van der Waals surface area contributed by atoms with Gasteiger partial charge in [-0.25, -0.2) is 0 Å². The van der Waals surface area contributed by atoms with Gasteiger partial charge in [0.1, 0.15) is 0 Å². The van der Waals surface area contributed by atoms with Gasteiger partial charge in [0.25, 0.3) is 0 Å². The van der Waals surface area contributed by atoms with Crippen molar-refractivity contribution in [2.24, 2.45) is 11.3 Å². The Hall–Kier alpha value is -1.51. The highest BCUT2D eigenvalue weighted by Crippen LogP contribution is 2.24. The zero-order chi connectivity index (χ0) is 13.9. The molecule has 0 radical (unpaired) electrons. The SMILES string of the molecule is CCC(C)(C)CNC(=O)C1CNc2ccccc2C1. The van der Waals surface area contributed by atoms with Crippen LogP contribution in [0.5, 0.6) is 0 Å². The quantitative estimate of drug-likeness (QED) is 0.874. The summed E-state index contributed by atoms with van der Waals surface area (Å²) in [7, 11) is 0. The molecule has 1 heterocycles. The van der Waals surface area contributed by atoms with Crippen molar-refractivity contribution in [2.45, 2.75) is 33.6 Å². The molecule has 1 aliphatic heterocycles. The molecule has 3 heteroatoms. The molecule has 0 aromatic heterocycles. The third-order valence-corrected chi connectivity index (χ3v) is 4.09. The van der Waals surface area contributed by atoms with Gasteiger partial charge in [0.05, 0.1) is 5.92 Å². The summed E-state index contributed by atoms with van der Waals surface area (Å²) in [5.41, 5.74) is 2.58. The van der Waals surface area contributed by atoms with Gasteiger partial charge in [0.15, 0.2) is 0 Å². The first-order chi connectivity index (χ1) is 9.02. The van der Waals surface area contributed by atoms with E-state index in [1.54, 1.807) is 0 Å². The lowest BCUT2D eigenvalue weighted by molar-refractivity contribution is -0.125. The van der Waals surface area contributed by atoms with E-state index in [1.165, 1.54) is 11.3 Å². The minimum Gasteiger partial charge on any atom is -0.384 e. The Kier molecular flexibility index (Phi) is 4.13. The van der Waals surface area contributed by atoms with E-state index in [0.717, 1.165) is 25.9 Å². The van der Waals surface area contributed by atoms with Crippen molar-refractivity contribution in [3.05, 3.63) is 29.8 Å². The Balaban J connectivity index is 1.92. The van der Waals surface area contributed by atoms with Crippen LogP contribution in [0.3, 0.4) is 0 Å². The Labute approximate surface area is 115 Å². The molecule has 0 saturated carbocycles. The van der Waals surface area contributed by atoms with Gasteiger partial charge in [0, 0.05) is 18.8 Å². The summed E-state index contributed by atoms with van der Waals surface area (Å²) in [6.45, 7) is 8.00. The molecule has 2 rings (SSSR count). The average molecular weight is 260 g/mol. The van der Waals surface area contributed by atoms with Crippen molar-refractivity contribution in [3.63, 3.8) is 0 Å². The molecule has 1 aromatic rings. The fourth-order valence-electron chi connectivity index (χ4n) is 2.22. The number of amides is 1. The third kappa shape index (κ3) is 3.49. The molecular formula is C16H24N2O. The minimum absolute atomic E-state index is 0.0440. The zero-order valence-corrected chi connectivity index (χ0v) is 12.1. The van der Waals surface area contributed by atoms with Gasteiger partial charge < -0.3 is 10.6 Å². The number of benzene rings is 1. The van der Waals surface area contributed by atoms with E-state index < -0.39 is 0 Å². The molecule has 0 fully saturated rings. The predicted octanol–water partition coefficient (Wildman–Crippen LogP) is 2.82. The van der Waals surface area contributed by atoms with Crippen LogP contribution in [0.2, 0.25) is 0 Å². The number of carbonyl (C=O) groups is 1. The monoisotopic (exact) mass is 260 g/mol. The third-order valence-electron chi connectivity index (χ3n) is 4.09. The van der Waals surface area contributed by atoms with Crippen LogP contribution in [-0.2, 0) is 11.2 Å². The molecule has 2 N–H and O–H groups in total. The molecule has 1 aliphatic rings. The number of carbonyl (C=O) groups excluding carboxylic acids is 1. The van der Waals surface area contributed by atoms with Gasteiger partial charge in [-0.1, -0.05) is 39.0 Å². The van der Waals surface area contributed by atoms with Gasteiger partial charge in [-0.05, 0) is 29.9 Å². The van der Waals surface area contributed by atoms with E-state index in [9.17, 15) is 4.79 Å². The first-order valence-electron chi connectivity index (χ1n) is 7.11. The molecule has 0 saturated heterocycles. The summed E-state index contributed by atoms with van der Waals surface area (Å²) in [5.74, 6) is 0.214. The lowest BCUT2D eigenvalue weighted by Gasteiger charge is -2.28. The molecule has 1 unspecified atom stereocenters. The van der Waals surface area contributed by atoms with Crippen LogP contribution >= 0.6 is 0 Å². The predicted molar refractivity (Wildman–Crippen MR) is 79.2 cm³/mol. The zero-order valence-electron chi connectivity index (χ0n) is 12.1. The molecule has 19 heavy (non-hydrogen) atoms. The smallest absolute Gasteiger partial charge is 0.225 e. The largest absolute Gasteiger partial charge is 0.384 e. The number of rotatable bonds is 4. The first-order valence-corrected chi connectivity index (χ1v) is 7.11. The van der Waals surface area contributed by atoms with E-state index >= 15 is 0 Å². The molecule has 0 aliphatic carbocycles. The number of hydrogen-bond acceptors (Lipinski definition) is 2. The Bertz CT molecular complexity index is 454. The molecule has 0 spiro atoms. The van der Waals surface area contributed by atoms with Gasteiger partial charge in [-0.2, -0.15) is 0 Å². The Morgan fingerprint density at radius 3 is 2.89 bits per heavy atom. The van der Waals surface area contributed by atoms with Gasteiger partial charge >= 0.3 is 0 Å². The lowest BCUT2D eigenvalue weighted by Crippen LogP contribution is -2.41. The second kappa shape index (κ2) is 5.64. The molecular weight excluding hydrogens is 236 g/mol. The number of fused-ring (bicyclic) bond motifs is 1. The van der Waals surface area contributed by atoms with Crippen molar-refractivity contribution >= 4 is 11.6 Å². The number of anilines is 1. The summed E-state index contributed by atoms with van der Waals surface area (Å²) in [5, 5.41) is 6.44. The molecule has 3 nitrogen and oxygen atoms in total. The highest BCUT2D eigenvalue weighted by Gasteiger charge is 2.25. The summed E-state index contributed by atoms with van der Waals surface area (Å²) < 4.78 is 0. The van der Waals surface area contributed by atoms with Crippen LogP contribution in [0, 0.1) is 11.3 Å². The lowest BCUT2D eigenvalue weighted by atomic mass is 9.89. The second-order valence-electron chi connectivity index (χ2n) is 6.17. The van der Waals surface area contributed by atoms with Crippen LogP contribution in [0.4, 0.5) is 5.69 Å². The van der Waals surface area contributed by atoms with E-state index in [2.05, 4.69) is 43.5 Å². The van der Waals surface area contributed by atoms with E-state index in [4.69, 9.17) is 0 Å². The summed E-state index contributed by atoms with van der Waals surface area (Å²) in [6.07, 6.45) is 1.90. The van der Waals surface area contributed by atoms with E-state index in [-0.39, 0.29) is 17.2 Å². The van der Waals surface area contributed by atoms with Gasteiger partial charge in [-0.15, -0.1) is 0 Å².